The zero-order chi connectivity index (χ0) is 14.9. The minimum atomic E-state index is 0.814. The van der Waals surface area contributed by atoms with E-state index >= 15 is 0 Å². The van der Waals surface area contributed by atoms with Crippen LogP contribution in [0.1, 0.15) is 19.2 Å². The highest BCUT2D eigenvalue weighted by atomic mass is 32.1. The van der Waals surface area contributed by atoms with Gasteiger partial charge in [-0.15, -0.1) is 10.2 Å². The molecule has 4 rings (SSSR count). The van der Waals surface area contributed by atoms with Crippen molar-refractivity contribution < 1.29 is 0 Å². The van der Waals surface area contributed by atoms with Crippen LogP contribution < -0.4 is 0 Å². The molecule has 0 atom stereocenters. The first-order chi connectivity index (χ1) is 10.8. The van der Waals surface area contributed by atoms with E-state index in [1.165, 1.54) is 11.3 Å². The molecule has 0 aliphatic heterocycles. The molecule has 0 amide bonds. The summed E-state index contributed by atoms with van der Waals surface area (Å²) < 4.78 is 1.83. The number of hydrogen-bond acceptors (Lipinski definition) is 5. The molecule has 0 aliphatic rings. The van der Waals surface area contributed by atoms with Gasteiger partial charge < -0.3 is 0 Å². The number of aryl methyl sites for hydroxylation is 1. The lowest BCUT2D eigenvalue weighted by molar-refractivity contribution is 0.778. The summed E-state index contributed by atoms with van der Waals surface area (Å²) in [7, 11) is 0. The molecule has 6 nitrogen and oxygen atoms in total. The molecule has 22 heavy (non-hydrogen) atoms. The lowest BCUT2D eigenvalue weighted by Crippen LogP contribution is -1.95. The standard InChI is InChI=1S/C15H14N6S/c1-2-6-13-18-19-15-21(13)20-14(22-15)12-9-11(16-17-12)10-7-4-3-5-8-10/h3-5,7-9H,2,6H2,1H3,(H,16,17). The Morgan fingerprint density at radius 2 is 2.05 bits per heavy atom. The van der Waals surface area contributed by atoms with Gasteiger partial charge in [-0.05, 0) is 12.5 Å². The third kappa shape index (κ3) is 2.19. The molecular weight excluding hydrogens is 296 g/mol. The highest BCUT2D eigenvalue weighted by Crippen LogP contribution is 2.27. The van der Waals surface area contributed by atoms with Crippen molar-refractivity contribution in [2.24, 2.45) is 0 Å². The van der Waals surface area contributed by atoms with Crippen LogP contribution in [0.4, 0.5) is 0 Å². The van der Waals surface area contributed by atoms with E-state index in [1.807, 2.05) is 40.9 Å². The smallest absolute Gasteiger partial charge is 0.235 e. The van der Waals surface area contributed by atoms with Crippen molar-refractivity contribution in [3.05, 3.63) is 42.2 Å². The number of aromatic nitrogens is 6. The van der Waals surface area contributed by atoms with Gasteiger partial charge in [0.15, 0.2) is 10.8 Å². The quantitative estimate of drug-likeness (QED) is 0.628. The molecule has 0 saturated heterocycles. The van der Waals surface area contributed by atoms with Crippen LogP contribution >= 0.6 is 11.3 Å². The van der Waals surface area contributed by atoms with E-state index in [-0.39, 0.29) is 0 Å². The molecule has 7 heteroatoms. The van der Waals surface area contributed by atoms with Gasteiger partial charge in [0.05, 0.1) is 11.4 Å². The third-order valence-corrected chi connectivity index (χ3v) is 4.34. The maximum Gasteiger partial charge on any atom is 0.235 e. The van der Waals surface area contributed by atoms with Gasteiger partial charge in [0.2, 0.25) is 4.96 Å². The summed E-state index contributed by atoms with van der Waals surface area (Å²) in [6.07, 6.45) is 1.90. The second kappa shape index (κ2) is 5.34. The molecule has 110 valence electrons. The summed E-state index contributed by atoms with van der Waals surface area (Å²) >= 11 is 1.51. The molecule has 0 aliphatic carbocycles. The van der Waals surface area contributed by atoms with Crippen molar-refractivity contribution in [2.45, 2.75) is 19.8 Å². The van der Waals surface area contributed by atoms with Crippen LogP contribution in [0.3, 0.4) is 0 Å². The Hall–Kier alpha value is -2.54. The Kier molecular flexibility index (Phi) is 3.19. The van der Waals surface area contributed by atoms with Gasteiger partial charge in [-0.1, -0.05) is 48.6 Å². The Balaban J connectivity index is 1.72. The Morgan fingerprint density at radius 1 is 1.18 bits per heavy atom. The van der Waals surface area contributed by atoms with Gasteiger partial charge in [-0.2, -0.15) is 14.7 Å². The molecular formula is C15H14N6S. The molecule has 0 radical (unpaired) electrons. The molecule has 1 N–H and O–H groups in total. The van der Waals surface area contributed by atoms with E-state index in [0.717, 1.165) is 45.6 Å². The van der Waals surface area contributed by atoms with Gasteiger partial charge in [0, 0.05) is 12.0 Å². The first-order valence-corrected chi connectivity index (χ1v) is 7.99. The molecule has 1 aromatic carbocycles. The number of nitrogens with one attached hydrogen (secondary N) is 1. The van der Waals surface area contributed by atoms with E-state index in [4.69, 9.17) is 0 Å². The summed E-state index contributed by atoms with van der Waals surface area (Å²) in [4.78, 5) is 0.814. The molecule has 3 aromatic heterocycles. The van der Waals surface area contributed by atoms with Crippen LogP contribution in [0.2, 0.25) is 0 Å². The van der Waals surface area contributed by atoms with Crippen molar-refractivity contribution in [1.29, 1.82) is 0 Å². The van der Waals surface area contributed by atoms with Gasteiger partial charge in [0.1, 0.15) is 0 Å². The summed E-state index contributed by atoms with van der Waals surface area (Å²) in [5.74, 6) is 0.905. The number of hydrogen-bond donors (Lipinski definition) is 1. The summed E-state index contributed by atoms with van der Waals surface area (Å²) in [6, 6.07) is 12.1. The second-order valence-corrected chi connectivity index (χ2v) is 5.96. The zero-order valence-electron chi connectivity index (χ0n) is 12.0. The molecule has 3 heterocycles. The maximum atomic E-state index is 4.61. The first kappa shape index (κ1) is 13.1. The number of rotatable bonds is 4. The minimum absolute atomic E-state index is 0.814. The SMILES string of the molecule is CCCc1nnc2sc(-c3cc(-c4ccccc4)n[nH]3)nn12. The number of benzene rings is 1. The Bertz CT molecular complexity index is 905. The second-order valence-electron chi connectivity index (χ2n) is 5.00. The topological polar surface area (TPSA) is 71.8 Å². The van der Waals surface area contributed by atoms with E-state index in [9.17, 15) is 0 Å². The first-order valence-electron chi connectivity index (χ1n) is 7.17. The van der Waals surface area contributed by atoms with Gasteiger partial charge in [-0.3, -0.25) is 5.10 Å². The van der Waals surface area contributed by atoms with Crippen molar-refractivity contribution in [1.82, 2.24) is 30.0 Å². The normalized spacial score (nSPS) is 11.3. The van der Waals surface area contributed by atoms with Crippen LogP contribution in [-0.4, -0.2) is 30.0 Å². The van der Waals surface area contributed by atoms with Crippen LogP contribution in [0.25, 0.3) is 26.9 Å². The van der Waals surface area contributed by atoms with Gasteiger partial charge in [-0.25, -0.2) is 0 Å². The number of H-pyrrole nitrogens is 1. The molecule has 0 fully saturated rings. The average Bonchev–Trinajstić information content (AvgIpc) is 3.24. The van der Waals surface area contributed by atoms with Crippen molar-refractivity contribution in [2.75, 3.05) is 0 Å². The monoisotopic (exact) mass is 310 g/mol. The lowest BCUT2D eigenvalue weighted by Gasteiger charge is -1.92. The van der Waals surface area contributed by atoms with Crippen LogP contribution in [0.15, 0.2) is 36.4 Å². The zero-order valence-corrected chi connectivity index (χ0v) is 12.8. The van der Waals surface area contributed by atoms with Crippen LogP contribution in [0, 0.1) is 0 Å². The number of fused-ring (bicyclic) bond motifs is 1. The number of nitrogens with zero attached hydrogens (tertiary/aromatic N) is 5. The van der Waals surface area contributed by atoms with Gasteiger partial charge in [0.25, 0.3) is 0 Å². The summed E-state index contributed by atoms with van der Waals surface area (Å²) in [6.45, 7) is 2.12. The predicted octanol–water partition coefficient (Wildman–Crippen LogP) is 3.20. The van der Waals surface area contributed by atoms with Crippen molar-refractivity contribution >= 4 is 16.3 Å². The largest absolute Gasteiger partial charge is 0.275 e. The molecule has 0 saturated carbocycles. The fourth-order valence-corrected chi connectivity index (χ4v) is 3.16. The molecule has 0 spiro atoms. The average molecular weight is 310 g/mol. The Labute approximate surface area is 130 Å². The fraction of sp³-hybridized carbons (Fsp3) is 0.200. The van der Waals surface area contributed by atoms with Crippen molar-refractivity contribution in [3.63, 3.8) is 0 Å². The minimum Gasteiger partial charge on any atom is -0.275 e. The van der Waals surface area contributed by atoms with E-state index in [0.29, 0.717) is 0 Å². The highest BCUT2D eigenvalue weighted by molar-refractivity contribution is 7.19. The van der Waals surface area contributed by atoms with E-state index in [2.05, 4.69) is 32.4 Å². The van der Waals surface area contributed by atoms with E-state index in [1.54, 1.807) is 0 Å². The van der Waals surface area contributed by atoms with Gasteiger partial charge >= 0.3 is 0 Å². The van der Waals surface area contributed by atoms with Crippen LogP contribution in [-0.2, 0) is 6.42 Å². The summed E-state index contributed by atoms with van der Waals surface area (Å²) in [5.41, 5.74) is 2.90. The third-order valence-electron chi connectivity index (χ3n) is 3.41. The van der Waals surface area contributed by atoms with Crippen LogP contribution in [0.5, 0.6) is 0 Å². The highest BCUT2D eigenvalue weighted by Gasteiger charge is 2.14. The predicted molar refractivity (Wildman–Crippen MR) is 85.7 cm³/mol. The lowest BCUT2D eigenvalue weighted by atomic mass is 10.1. The van der Waals surface area contributed by atoms with E-state index < -0.39 is 0 Å². The summed E-state index contributed by atoms with van der Waals surface area (Å²) in [5, 5.41) is 21.3. The Morgan fingerprint density at radius 3 is 2.86 bits per heavy atom. The molecule has 4 aromatic rings. The number of aromatic amines is 1. The molecule has 0 bridgehead atoms. The molecule has 0 unspecified atom stereocenters. The maximum absolute atomic E-state index is 4.61. The van der Waals surface area contributed by atoms with Crippen molar-refractivity contribution in [3.8, 4) is 22.0 Å². The fourth-order valence-electron chi connectivity index (χ4n) is 2.33.